The first-order chi connectivity index (χ1) is 18.7. The van der Waals surface area contributed by atoms with E-state index in [1.165, 1.54) is 11.1 Å². The number of halogens is 1. The SMILES string of the molecule is Clc1cc(N(Cc2ccccc2)Cc2ccccc2)ccc1-c1cc2ncccc2c(N2CCOCC2)n1. The Kier molecular flexibility index (Phi) is 7.20. The van der Waals surface area contributed by atoms with Gasteiger partial charge in [0.1, 0.15) is 5.82 Å². The van der Waals surface area contributed by atoms with Crippen LogP contribution >= 0.6 is 11.6 Å². The van der Waals surface area contributed by atoms with E-state index < -0.39 is 0 Å². The third-order valence-corrected chi connectivity index (χ3v) is 7.23. The van der Waals surface area contributed by atoms with Crippen molar-refractivity contribution in [2.24, 2.45) is 0 Å². The molecular weight excluding hydrogens is 492 g/mol. The van der Waals surface area contributed by atoms with Crippen molar-refractivity contribution in [2.45, 2.75) is 13.1 Å². The lowest BCUT2D eigenvalue weighted by molar-refractivity contribution is 0.122. The summed E-state index contributed by atoms with van der Waals surface area (Å²) < 4.78 is 5.58. The van der Waals surface area contributed by atoms with Gasteiger partial charge < -0.3 is 14.5 Å². The first-order valence-corrected chi connectivity index (χ1v) is 13.3. The lowest BCUT2D eigenvalue weighted by atomic mass is 10.1. The number of fused-ring (bicyclic) bond motifs is 1. The predicted octanol–water partition coefficient (Wildman–Crippen LogP) is 6.99. The van der Waals surface area contributed by atoms with E-state index in [2.05, 4.69) is 87.6 Å². The number of morpholine rings is 1. The molecule has 0 bridgehead atoms. The number of anilines is 2. The van der Waals surface area contributed by atoms with E-state index in [0.717, 1.165) is 59.8 Å². The van der Waals surface area contributed by atoms with E-state index in [1.54, 1.807) is 0 Å². The van der Waals surface area contributed by atoms with Crippen molar-refractivity contribution in [3.8, 4) is 11.3 Å². The predicted molar refractivity (Wildman–Crippen MR) is 156 cm³/mol. The van der Waals surface area contributed by atoms with Crippen molar-refractivity contribution in [1.29, 1.82) is 0 Å². The highest BCUT2D eigenvalue weighted by molar-refractivity contribution is 6.33. The standard InChI is InChI=1S/C32H29ClN4O/c33-29-20-26(37(22-24-8-3-1-4-9-24)23-25-10-5-2-6-11-25)13-14-27(29)31-21-30-28(12-7-15-34-30)32(35-31)36-16-18-38-19-17-36/h1-15,20-21H,16-19,22-23H2. The number of ether oxygens (including phenoxy) is 1. The molecule has 1 aliphatic rings. The summed E-state index contributed by atoms with van der Waals surface area (Å²) in [5.41, 5.74) is 6.21. The Morgan fingerprint density at radius 2 is 1.47 bits per heavy atom. The van der Waals surface area contributed by atoms with Gasteiger partial charge in [-0.15, -0.1) is 0 Å². The zero-order chi connectivity index (χ0) is 25.7. The van der Waals surface area contributed by atoms with E-state index in [4.69, 9.17) is 21.3 Å². The van der Waals surface area contributed by atoms with Gasteiger partial charge in [0.25, 0.3) is 0 Å². The number of rotatable bonds is 7. The Morgan fingerprint density at radius 1 is 0.789 bits per heavy atom. The molecule has 1 aliphatic heterocycles. The van der Waals surface area contributed by atoms with Crippen LogP contribution in [-0.2, 0) is 17.8 Å². The third kappa shape index (κ3) is 5.35. The quantitative estimate of drug-likeness (QED) is 0.231. The molecule has 3 heterocycles. The largest absolute Gasteiger partial charge is 0.378 e. The first-order valence-electron chi connectivity index (χ1n) is 13.0. The molecule has 0 radical (unpaired) electrons. The molecule has 190 valence electrons. The van der Waals surface area contributed by atoms with Crippen LogP contribution in [0.2, 0.25) is 5.02 Å². The van der Waals surface area contributed by atoms with Gasteiger partial charge in [0.05, 0.1) is 29.4 Å². The van der Waals surface area contributed by atoms with Gasteiger partial charge in [0, 0.05) is 49.0 Å². The Labute approximate surface area is 228 Å². The maximum absolute atomic E-state index is 6.98. The van der Waals surface area contributed by atoms with Crippen molar-refractivity contribution >= 4 is 34.0 Å². The van der Waals surface area contributed by atoms with Gasteiger partial charge in [-0.2, -0.15) is 0 Å². The number of benzene rings is 3. The first kappa shape index (κ1) is 24.4. The van der Waals surface area contributed by atoms with Crippen LogP contribution in [0.3, 0.4) is 0 Å². The average molecular weight is 521 g/mol. The second kappa shape index (κ2) is 11.2. The average Bonchev–Trinajstić information content (AvgIpc) is 2.98. The molecule has 0 atom stereocenters. The third-order valence-electron chi connectivity index (χ3n) is 6.92. The second-order valence-corrected chi connectivity index (χ2v) is 9.90. The van der Waals surface area contributed by atoms with Gasteiger partial charge in [-0.25, -0.2) is 4.98 Å². The van der Waals surface area contributed by atoms with Crippen LogP contribution in [-0.4, -0.2) is 36.3 Å². The van der Waals surface area contributed by atoms with Gasteiger partial charge in [0.2, 0.25) is 0 Å². The number of nitrogens with zero attached hydrogens (tertiary/aromatic N) is 4. The fourth-order valence-electron chi connectivity index (χ4n) is 4.97. The van der Waals surface area contributed by atoms with Gasteiger partial charge >= 0.3 is 0 Å². The fraction of sp³-hybridized carbons (Fsp3) is 0.188. The summed E-state index contributed by atoms with van der Waals surface area (Å²) >= 11 is 6.98. The molecule has 6 rings (SSSR count). The number of hydrogen-bond donors (Lipinski definition) is 0. The number of hydrogen-bond acceptors (Lipinski definition) is 5. The van der Waals surface area contributed by atoms with Crippen LogP contribution in [0.4, 0.5) is 11.5 Å². The fourth-order valence-corrected chi connectivity index (χ4v) is 5.24. The van der Waals surface area contributed by atoms with E-state index in [1.807, 2.05) is 30.5 Å². The molecular formula is C32H29ClN4O. The van der Waals surface area contributed by atoms with Gasteiger partial charge in [-0.3, -0.25) is 4.98 Å². The summed E-state index contributed by atoms with van der Waals surface area (Å²) in [5.74, 6) is 0.934. The Balaban J connectivity index is 1.37. The van der Waals surface area contributed by atoms with Crippen molar-refractivity contribution in [3.05, 3.63) is 119 Å². The summed E-state index contributed by atoms with van der Waals surface area (Å²) in [5, 5.41) is 1.71. The number of pyridine rings is 2. The van der Waals surface area contributed by atoms with Gasteiger partial charge in [0.15, 0.2) is 0 Å². The topological polar surface area (TPSA) is 41.5 Å². The summed E-state index contributed by atoms with van der Waals surface area (Å²) in [4.78, 5) is 14.4. The smallest absolute Gasteiger partial charge is 0.138 e. The van der Waals surface area contributed by atoms with Crippen molar-refractivity contribution < 1.29 is 4.74 Å². The summed E-state index contributed by atoms with van der Waals surface area (Å²) in [6, 6.07) is 33.4. The highest BCUT2D eigenvalue weighted by Crippen LogP contribution is 2.35. The van der Waals surface area contributed by atoms with Crippen LogP contribution < -0.4 is 9.80 Å². The van der Waals surface area contributed by atoms with E-state index >= 15 is 0 Å². The minimum atomic E-state index is 0.671. The van der Waals surface area contributed by atoms with Crippen molar-refractivity contribution in [3.63, 3.8) is 0 Å². The molecule has 0 aliphatic carbocycles. The minimum absolute atomic E-state index is 0.671. The molecule has 1 fully saturated rings. The summed E-state index contributed by atoms with van der Waals surface area (Å²) in [7, 11) is 0. The normalized spacial score (nSPS) is 13.6. The molecule has 5 aromatic rings. The Morgan fingerprint density at radius 3 is 2.13 bits per heavy atom. The molecule has 3 aromatic carbocycles. The van der Waals surface area contributed by atoms with Crippen molar-refractivity contribution in [1.82, 2.24) is 9.97 Å². The molecule has 5 nitrogen and oxygen atoms in total. The zero-order valence-corrected chi connectivity index (χ0v) is 21.9. The number of aromatic nitrogens is 2. The molecule has 0 N–H and O–H groups in total. The molecule has 0 unspecified atom stereocenters. The van der Waals surface area contributed by atoms with Crippen LogP contribution in [0, 0.1) is 0 Å². The molecule has 38 heavy (non-hydrogen) atoms. The molecule has 0 saturated carbocycles. The second-order valence-electron chi connectivity index (χ2n) is 9.49. The van der Waals surface area contributed by atoms with Crippen LogP contribution in [0.25, 0.3) is 22.2 Å². The minimum Gasteiger partial charge on any atom is -0.378 e. The lowest BCUT2D eigenvalue weighted by Gasteiger charge is -2.29. The molecule has 6 heteroatoms. The Bertz CT molecular complexity index is 1480. The maximum Gasteiger partial charge on any atom is 0.138 e. The van der Waals surface area contributed by atoms with E-state index in [-0.39, 0.29) is 0 Å². The van der Waals surface area contributed by atoms with E-state index in [9.17, 15) is 0 Å². The highest BCUT2D eigenvalue weighted by atomic mass is 35.5. The molecule has 0 amide bonds. The lowest BCUT2D eigenvalue weighted by Crippen LogP contribution is -2.37. The molecule has 0 spiro atoms. The van der Waals surface area contributed by atoms with E-state index in [0.29, 0.717) is 18.2 Å². The van der Waals surface area contributed by atoms with Crippen molar-refractivity contribution in [2.75, 3.05) is 36.1 Å². The summed E-state index contributed by atoms with van der Waals surface area (Å²) in [6.07, 6.45) is 1.82. The molecule has 2 aromatic heterocycles. The van der Waals surface area contributed by atoms with Gasteiger partial charge in [-0.1, -0.05) is 72.3 Å². The monoisotopic (exact) mass is 520 g/mol. The molecule has 1 saturated heterocycles. The van der Waals surface area contributed by atoms with Crippen LogP contribution in [0.1, 0.15) is 11.1 Å². The highest BCUT2D eigenvalue weighted by Gasteiger charge is 2.19. The van der Waals surface area contributed by atoms with Crippen LogP contribution in [0.15, 0.2) is 103 Å². The van der Waals surface area contributed by atoms with Crippen LogP contribution in [0.5, 0.6) is 0 Å². The Hall–Kier alpha value is -3.93. The maximum atomic E-state index is 6.98. The zero-order valence-electron chi connectivity index (χ0n) is 21.1. The van der Waals surface area contributed by atoms with Gasteiger partial charge in [-0.05, 0) is 47.5 Å². The summed E-state index contributed by atoms with van der Waals surface area (Å²) in [6.45, 7) is 4.57.